The van der Waals surface area contributed by atoms with Crippen LogP contribution in [0.25, 0.3) is 0 Å². The maximum atomic E-state index is 10.4. The van der Waals surface area contributed by atoms with Crippen LogP contribution in [0.15, 0.2) is 11.1 Å². The summed E-state index contributed by atoms with van der Waals surface area (Å²) in [7, 11) is 0. The second kappa shape index (κ2) is 5.51. The van der Waals surface area contributed by atoms with Crippen LogP contribution in [0, 0.1) is 5.92 Å². The number of carboxylic acids is 1. The van der Waals surface area contributed by atoms with Crippen molar-refractivity contribution >= 4 is 21.9 Å². The molecule has 1 rings (SSSR count). The minimum Gasteiger partial charge on any atom is -0.481 e. The van der Waals surface area contributed by atoms with Crippen molar-refractivity contribution in [1.29, 1.82) is 0 Å². The average molecular weight is 262 g/mol. The minimum atomic E-state index is -0.687. The zero-order chi connectivity index (χ0) is 10.6. The van der Waals surface area contributed by atoms with E-state index in [2.05, 4.69) is 27.4 Å². The van der Waals surface area contributed by atoms with Gasteiger partial charge in [0.2, 0.25) is 0 Å². The van der Waals surface area contributed by atoms with Crippen molar-refractivity contribution in [1.82, 2.24) is 4.90 Å². The molecular weight excluding hydrogens is 246 g/mol. The van der Waals surface area contributed by atoms with Gasteiger partial charge in [0.15, 0.2) is 0 Å². The van der Waals surface area contributed by atoms with Gasteiger partial charge < -0.3 is 5.11 Å². The SMILES string of the molecule is C=C(Br)CN1CCC(CCC(=O)O)C1. The Bertz CT molecular complexity index is 230. The van der Waals surface area contributed by atoms with E-state index in [0.29, 0.717) is 12.3 Å². The van der Waals surface area contributed by atoms with E-state index < -0.39 is 5.97 Å². The van der Waals surface area contributed by atoms with E-state index in [0.717, 1.165) is 37.0 Å². The van der Waals surface area contributed by atoms with Crippen LogP contribution in [0.3, 0.4) is 0 Å². The predicted molar refractivity (Wildman–Crippen MR) is 59.5 cm³/mol. The summed E-state index contributed by atoms with van der Waals surface area (Å²) in [5.74, 6) is -0.133. The van der Waals surface area contributed by atoms with Crippen molar-refractivity contribution in [2.75, 3.05) is 19.6 Å². The highest BCUT2D eigenvalue weighted by Crippen LogP contribution is 2.22. The van der Waals surface area contributed by atoms with Crippen molar-refractivity contribution in [3.63, 3.8) is 0 Å². The number of carbonyl (C=O) groups is 1. The van der Waals surface area contributed by atoms with Gasteiger partial charge in [-0.2, -0.15) is 0 Å². The highest BCUT2D eigenvalue weighted by molar-refractivity contribution is 9.11. The molecule has 0 aromatic heterocycles. The maximum absolute atomic E-state index is 10.4. The van der Waals surface area contributed by atoms with Gasteiger partial charge in [-0.15, -0.1) is 0 Å². The Morgan fingerprint density at radius 3 is 2.93 bits per heavy atom. The Morgan fingerprint density at radius 2 is 2.36 bits per heavy atom. The van der Waals surface area contributed by atoms with Gasteiger partial charge in [-0.1, -0.05) is 22.5 Å². The Kier molecular flexibility index (Phi) is 4.62. The van der Waals surface area contributed by atoms with Gasteiger partial charge in [-0.05, 0) is 25.3 Å². The lowest BCUT2D eigenvalue weighted by atomic mass is 10.0. The van der Waals surface area contributed by atoms with E-state index in [1.807, 2.05) is 0 Å². The van der Waals surface area contributed by atoms with Gasteiger partial charge in [-0.3, -0.25) is 9.69 Å². The van der Waals surface area contributed by atoms with Gasteiger partial charge in [0.05, 0.1) is 0 Å². The molecule has 80 valence electrons. The number of hydrogen-bond acceptors (Lipinski definition) is 2. The normalized spacial score (nSPS) is 22.5. The Balaban J connectivity index is 2.20. The van der Waals surface area contributed by atoms with Gasteiger partial charge in [0.25, 0.3) is 0 Å². The molecule has 0 amide bonds. The lowest BCUT2D eigenvalue weighted by Gasteiger charge is -2.14. The van der Waals surface area contributed by atoms with E-state index >= 15 is 0 Å². The lowest BCUT2D eigenvalue weighted by molar-refractivity contribution is -0.137. The summed E-state index contributed by atoms with van der Waals surface area (Å²) < 4.78 is 0.997. The molecule has 1 fully saturated rings. The summed E-state index contributed by atoms with van der Waals surface area (Å²) in [5, 5.41) is 8.55. The predicted octanol–water partition coefficient (Wildman–Crippen LogP) is 2.08. The third-order valence-corrected chi connectivity index (χ3v) is 2.78. The summed E-state index contributed by atoms with van der Waals surface area (Å²) in [6.07, 6.45) is 2.22. The van der Waals surface area contributed by atoms with Crippen LogP contribution in [0.5, 0.6) is 0 Å². The Labute approximate surface area is 92.9 Å². The molecular formula is C10H16BrNO2. The van der Waals surface area contributed by atoms with Crippen molar-refractivity contribution < 1.29 is 9.90 Å². The largest absolute Gasteiger partial charge is 0.481 e. The standard InChI is InChI=1S/C10H16BrNO2/c1-8(11)6-12-5-4-9(7-12)2-3-10(13)14/h9H,1-7H2,(H,13,14). The molecule has 0 saturated carbocycles. The summed E-state index contributed by atoms with van der Waals surface area (Å²) in [6.45, 7) is 6.75. The molecule has 1 heterocycles. The zero-order valence-corrected chi connectivity index (χ0v) is 9.79. The van der Waals surface area contributed by atoms with E-state index in [1.54, 1.807) is 0 Å². The van der Waals surface area contributed by atoms with Crippen molar-refractivity contribution in [2.24, 2.45) is 5.92 Å². The van der Waals surface area contributed by atoms with Gasteiger partial charge in [0, 0.05) is 24.0 Å². The summed E-state index contributed by atoms with van der Waals surface area (Å²) >= 11 is 3.34. The fourth-order valence-electron chi connectivity index (χ4n) is 1.86. The van der Waals surface area contributed by atoms with E-state index in [1.165, 1.54) is 0 Å². The first-order valence-corrected chi connectivity index (χ1v) is 5.64. The average Bonchev–Trinajstić information content (AvgIpc) is 2.47. The molecule has 1 aliphatic rings. The quantitative estimate of drug-likeness (QED) is 0.824. The van der Waals surface area contributed by atoms with Gasteiger partial charge in [0.1, 0.15) is 0 Å². The van der Waals surface area contributed by atoms with Crippen LogP contribution in [0.2, 0.25) is 0 Å². The van der Waals surface area contributed by atoms with E-state index in [-0.39, 0.29) is 0 Å². The second-order valence-electron chi connectivity index (χ2n) is 3.84. The molecule has 1 saturated heterocycles. The zero-order valence-electron chi connectivity index (χ0n) is 8.21. The van der Waals surface area contributed by atoms with Crippen molar-refractivity contribution in [3.05, 3.63) is 11.1 Å². The smallest absolute Gasteiger partial charge is 0.303 e. The molecule has 0 spiro atoms. The van der Waals surface area contributed by atoms with Gasteiger partial charge in [-0.25, -0.2) is 0 Å². The monoisotopic (exact) mass is 261 g/mol. The molecule has 1 N–H and O–H groups in total. The summed E-state index contributed by atoms with van der Waals surface area (Å²) in [4.78, 5) is 12.7. The molecule has 1 atom stereocenters. The molecule has 1 unspecified atom stereocenters. The molecule has 1 aliphatic heterocycles. The summed E-state index contributed by atoms with van der Waals surface area (Å²) in [5.41, 5.74) is 0. The number of aliphatic carboxylic acids is 1. The van der Waals surface area contributed by atoms with Crippen molar-refractivity contribution in [2.45, 2.75) is 19.3 Å². The van der Waals surface area contributed by atoms with Crippen LogP contribution in [0.1, 0.15) is 19.3 Å². The molecule has 0 aliphatic carbocycles. The number of halogens is 1. The lowest BCUT2D eigenvalue weighted by Crippen LogP contribution is -2.21. The minimum absolute atomic E-state index is 0.299. The highest BCUT2D eigenvalue weighted by Gasteiger charge is 2.22. The molecule has 3 nitrogen and oxygen atoms in total. The van der Waals surface area contributed by atoms with E-state index in [4.69, 9.17) is 5.11 Å². The second-order valence-corrected chi connectivity index (χ2v) is 4.96. The van der Waals surface area contributed by atoms with E-state index in [9.17, 15) is 4.79 Å². The molecule has 4 heteroatoms. The fourth-order valence-corrected chi connectivity index (χ4v) is 2.22. The van der Waals surface area contributed by atoms with Crippen LogP contribution < -0.4 is 0 Å². The van der Waals surface area contributed by atoms with Gasteiger partial charge >= 0.3 is 5.97 Å². The third kappa shape index (κ3) is 4.24. The number of nitrogens with zero attached hydrogens (tertiary/aromatic N) is 1. The topological polar surface area (TPSA) is 40.5 Å². The molecule has 0 aromatic rings. The first-order chi connectivity index (χ1) is 6.58. The first-order valence-electron chi connectivity index (χ1n) is 4.85. The van der Waals surface area contributed by atoms with Crippen LogP contribution >= 0.6 is 15.9 Å². The number of likely N-dealkylation sites (tertiary alicyclic amines) is 1. The Morgan fingerprint density at radius 1 is 1.64 bits per heavy atom. The number of rotatable bonds is 5. The number of carboxylic acid groups (broad SMARTS) is 1. The van der Waals surface area contributed by atoms with Crippen LogP contribution in [-0.4, -0.2) is 35.6 Å². The Hall–Kier alpha value is -0.350. The highest BCUT2D eigenvalue weighted by atomic mass is 79.9. The third-order valence-electron chi connectivity index (χ3n) is 2.53. The number of hydrogen-bond donors (Lipinski definition) is 1. The molecule has 0 radical (unpaired) electrons. The maximum Gasteiger partial charge on any atom is 0.303 e. The summed E-state index contributed by atoms with van der Waals surface area (Å²) in [6, 6.07) is 0. The molecule has 0 aromatic carbocycles. The first kappa shape index (κ1) is 11.7. The fraction of sp³-hybridized carbons (Fsp3) is 0.700. The molecule has 0 bridgehead atoms. The molecule has 14 heavy (non-hydrogen) atoms. The van der Waals surface area contributed by atoms with Crippen LogP contribution in [0.4, 0.5) is 0 Å². The van der Waals surface area contributed by atoms with Crippen LogP contribution in [-0.2, 0) is 4.79 Å². The van der Waals surface area contributed by atoms with Crippen molar-refractivity contribution in [3.8, 4) is 0 Å².